The van der Waals surface area contributed by atoms with Gasteiger partial charge in [0.25, 0.3) is 0 Å². The number of carbonyl (C=O) groups excluding carboxylic acids is 1. The van der Waals surface area contributed by atoms with Gasteiger partial charge in [0.2, 0.25) is 11.9 Å². The molecule has 184 valence electrons. The van der Waals surface area contributed by atoms with Crippen molar-refractivity contribution in [1.82, 2.24) is 35.5 Å². The first-order chi connectivity index (χ1) is 17.6. The summed E-state index contributed by atoms with van der Waals surface area (Å²) in [6.45, 7) is 2.94. The average molecular weight is 486 g/mol. The smallest absolute Gasteiger partial charge is 0.323 e. The molecule has 0 saturated carbocycles. The van der Waals surface area contributed by atoms with Gasteiger partial charge in [-0.1, -0.05) is 6.07 Å². The molecule has 3 heterocycles. The first-order valence-electron chi connectivity index (χ1n) is 11.8. The highest BCUT2D eigenvalue weighted by Gasteiger charge is 2.16. The van der Waals surface area contributed by atoms with Gasteiger partial charge in [0, 0.05) is 37.3 Å². The van der Waals surface area contributed by atoms with Crippen molar-refractivity contribution in [3.05, 3.63) is 65.3 Å². The van der Waals surface area contributed by atoms with Crippen LogP contribution < -0.4 is 21.2 Å². The van der Waals surface area contributed by atoms with E-state index < -0.39 is 0 Å². The number of nitrogens with one attached hydrogen (secondary N) is 5. The molecule has 0 spiro atoms. The molecule has 0 aliphatic carbocycles. The van der Waals surface area contributed by atoms with Gasteiger partial charge in [-0.15, -0.1) is 0 Å². The summed E-state index contributed by atoms with van der Waals surface area (Å²) in [5.41, 5.74) is 3.90. The summed E-state index contributed by atoms with van der Waals surface area (Å²) in [5, 5.41) is 14.3. The fraction of sp³-hybridized carbons (Fsp3) is 0.240. The molecule has 0 aliphatic rings. The number of amides is 1. The lowest BCUT2D eigenvalue weighted by Crippen LogP contribution is -2.22. The lowest BCUT2D eigenvalue weighted by molar-refractivity contribution is -0.118. The fourth-order valence-corrected chi connectivity index (χ4v) is 4.18. The quantitative estimate of drug-likeness (QED) is 0.189. The number of imidazole rings is 1. The summed E-state index contributed by atoms with van der Waals surface area (Å²) in [6, 6.07) is 13.4. The summed E-state index contributed by atoms with van der Waals surface area (Å²) in [6.07, 6.45) is 6.33. The fourth-order valence-electron chi connectivity index (χ4n) is 4.18. The van der Waals surface area contributed by atoms with Crippen LogP contribution in [0, 0.1) is 0 Å². The van der Waals surface area contributed by atoms with Crippen molar-refractivity contribution in [2.75, 3.05) is 23.3 Å². The largest absolute Gasteiger partial charge is 0.356 e. The molecule has 0 atom stereocenters. The van der Waals surface area contributed by atoms with Crippen LogP contribution >= 0.6 is 0 Å². The van der Waals surface area contributed by atoms with Gasteiger partial charge in [-0.3, -0.25) is 9.89 Å². The molecule has 0 radical (unpaired) electrons. The molecule has 5 aromatic rings. The van der Waals surface area contributed by atoms with E-state index in [1.807, 2.05) is 42.6 Å². The minimum atomic E-state index is -0.249. The van der Waals surface area contributed by atoms with Crippen LogP contribution in [0.3, 0.4) is 0 Å². The highest BCUT2D eigenvalue weighted by atomic mass is 16.1. The van der Waals surface area contributed by atoms with E-state index in [1.165, 1.54) is 6.92 Å². The Hall–Kier alpha value is -4.67. The van der Waals surface area contributed by atoms with Crippen LogP contribution in [0.15, 0.2) is 59.7 Å². The Bertz CT molecular complexity index is 1550. The van der Waals surface area contributed by atoms with E-state index >= 15 is 0 Å². The monoisotopic (exact) mass is 485 g/mol. The number of fused-ring (bicyclic) bond motifs is 2. The van der Waals surface area contributed by atoms with Crippen molar-refractivity contribution in [3.63, 3.8) is 0 Å². The molecule has 0 saturated heterocycles. The number of benzene rings is 2. The molecule has 11 nitrogen and oxygen atoms in total. The number of H-pyrrole nitrogens is 3. The number of hydrogen-bond acceptors (Lipinski definition) is 7. The standard InChI is InChI=1S/C25H27N9O2/c1-16(35)26-11-3-2-4-13-34(22-7-5-6-19-18(22)15-28-33-19)23-10-12-27-24(32-23)29-17-8-9-20-21(14-17)31-25(36)30-20/h5-10,12,14-15H,2-4,11,13H2,1H3,(H,26,35)(H,28,33)(H,27,29,32)(H2,30,31,36). The summed E-state index contributed by atoms with van der Waals surface area (Å²) in [7, 11) is 0. The predicted molar refractivity (Wildman–Crippen MR) is 140 cm³/mol. The number of rotatable bonds is 10. The topological polar surface area (TPSA) is 147 Å². The van der Waals surface area contributed by atoms with Crippen LogP contribution in [0.1, 0.15) is 26.2 Å². The summed E-state index contributed by atoms with van der Waals surface area (Å²) in [5.74, 6) is 1.19. The van der Waals surface area contributed by atoms with Gasteiger partial charge in [0.15, 0.2) is 0 Å². The zero-order valence-corrected chi connectivity index (χ0v) is 19.8. The van der Waals surface area contributed by atoms with Gasteiger partial charge in [-0.05, 0) is 55.7 Å². The minimum Gasteiger partial charge on any atom is -0.356 e. The van der Waals surface area contributed by atoms with Crippen LogP contribution in [0.4, 0.5) is 23.1 Å². The molecule has 2 aromatic carbocycles. The molecule has 1 amide bonds. The van der Waals surface area contributed by atoms with Gasteiger partial charge < -0.3 is 25.5 Å². The Labute approximate surface area is 206 Å². The van der Waals surface area contributed by atoms with Crippen molar-refractivity contribution >= 4 is 51.0 Å². The number of aromatic nitrogens is 6. The van der Waals surface area contributed by atoms with Crippen molar-refractivity contribution < 1.29 is 4.79 Å². The highest BCUT2D eigenvalue weighted by molar-refractivity contribution is 5.93. The first-order valence-corrected chi connectivity index (χ1v) is 11.8. The van der Waals surface area contributed by atoms with Crippen LogP contribution in [-0.4, -0.2) is 49.1 Å². The normalized spacial score (nSPS) is 11.1. The van der Waals surface area contributed by atoms with Crippen LogP contribution in [0.2, 0.25) is 0 Å². The Morgan fingerprint density at radius 2 is 1.92 bits per heavy atom. The SMILES string of the molecule is CC(=O)NCCCCCN(c1ccnc(Nc2ccc3[nH]c(=O)[nH]c3c2)n1)c1cccc2[nH]ncc12. The van der Waals surface area contributed by atoms with Gasteiger partial charge in [-0.2, -0.15) is 10.1 Å². The molecule has 11 heteroatoms. The molecule has 5 rings (SSSR count). The second-order valence-electron chi connectivity index (χ2n) is 8.51. The molecule has 0 unspecified atom stereocenters. The molecule has 5 N–H and O–H groups in total. The zero-order chi connectivity index (χ0) is 24.9. The number of unbranched alkanes of at least 4 members (excludes halogenated alkanes) is 2. The van der Waals surface area contributed by atoms with Gasteiger partial charge >= 0.3 is 5.69 Å². The number of aromatic amines is 3. The van der Waals surface area contributed by atoms with Crippen LogP contribution in [-0.2, 0) is 4.79 Å². The average Bonchev–Trinajstić information content (AvgIpc) is 3.49. The lowest BCUT2D eigenvalue weighted by Gasteiger charge is -2.25. The maximum absolute atomic E-state index is 11.6. The number of carbonyl (C=O) groups is 1. The molecule has 3 aromatic heterocycles. The molecule has 0 aliphatic heterocycles. The van der Waals surface area contributed by atoms with Crippen molar-refractivity contribution in [2.24, 2.45) is 0 Å². The van der Waals surface area contributed by atoms with Crippen LogP contribution in [0.5, 0.6) is 0 Å². The van der Waals surface area contributed by atoms with Crippen molar-refractivity contribution in [2.45, 2.75) is 26.2 Å². The lowest BCUT2D eigenvalue weighted by atomic mass is 10.1. The predicted octanol–water partition coefficient (Wildman–Crippen LogP) is 3.71. The Morgan fingerprint density at radius 1 is 1.03 bits per heavy atom. The van der Waals surface area contributed by atoms with E-state index in [4.69, 9.17) is 4.98 Å². The van der Waals surface area contributed by atoms with Crippen molar-refractivity contribution in [3.8, 4) is 0 Å². The Morgan fingerprint density at radius 3 is 2.81 bits per heavy atom. The molecular weight excluding hydrogens is 458 g/mol. The molecule has 0 fully saturated rings. The van der Waals surface area contributed by atoms with Crippen LogP contribution in [0.25, 0.3) is 21.9 Å². The third-order valence-corrected chi connectivity index (χ3v) is 5.87. The number of nitrogens with zero attached hydrogens (tertiary/aromatic N) is 4. The number of anilines is 4. The van der Waals surface area contributed by atoms with E-state index in [0.717, 1.165) is 59.4 Å². The van der Waals surface area contributed by atoms with E-state index in [1.54, 1.807) is 6.20 Å². The third kappa shape index (κ3) is 5.19. The molecular formula is C25H27N9O2. The minimum absolute atomic E-state index is 0.00806. The Kier molecular flexibility index (Phi) is 6.61. The zero-order valence-electron chi connectivity index (χ0n) is 19.8. The highest BCUT2D eigenvalue weighted by Crippen LogP contribution is 2.31. The Balaban J connectivity index is 1.39. The van der Waals surface area contributed by atoms with Gasteiger partial charge in [0.1, 0.15) is 5.82 Å². The molecule has 0 bridgehead atoms. The first kappa shape index (κ1) is 23.1. The van der Waals surface area contributed by atoms with Gasteiger partial charge in [-0.25, -0.2) is 9.78 Å². The van der Waals surface area contributed by atoms with E-state index in [9.17, 15) is 9.59 Å². The van der Waals surface area contributed by atoms with Crippen molar-refractivity contribution in [1.29, 1.82) is 0 Å². The second-order valence-corrected chi connectivity index (χ2v) is 8.51. The van der Waals surface area contributed by atoms with Gasteiger partial charge in [0.05, 0.1) is 28.4 Å². The maximum Gasteiger partial charge on any atom is 0.323 e. The second kappa shape index (κ2) is 10.3. The third-order valence-electron chi connectivity index (χ3n) is 5.87. The van der Waals surface area contributed by atoms with E-state index in [0.29, 0.717) is 18.0 Å². The maximum atomic E-state index is 11.6. The van der Waals surface area contributed by atoms with E-state index in [-0.39, 0.29) is 11.6 Å². The summed E-state index contributed by atoms with van der Waals surface area (Å²) < 4.78 is 0. The van der Waals surface area contributed by atoms with E-state index in [2.05, 4.69) is 46.7 Å². The summed E-state index contributed by atoms with van der Waals surface area (Å²) in [4.78, 5) is 39.5. The summed E-state index contributed by atoms with van der Waals surface area (Å²) >= 11 is 0. The molecule has 36 heavy (non-hydrogen) atoms. The number of hydrogen-bond donors (Lipinski definition) is 5.